The zero-order valence-electron chi connectivity index (χ0n) is 24.7. The molecular weight excluding hydrogens is 559 g/mol. The Morgan fingerprint density at radius 1 is 1.14 bits per heavy atom. The lowest BCUT2D eigenvalue weighted by Crippen LogP contribution is -2.63. The highest BCUT2D eigenvalue weighted by atomic mass is 19.4. The average molecular weight is 602 g/mol. The van der Waals surface area contributed by atoms with Gasteiger partial charge in [-0.25, -0.2) is 5.43 Å². The molecule has 11 heteroatoms. The van der Waals surface area contributed by atoms with Crippen LogP contribution in [-0.2, 0) is 28.7 Å². The van der Waals surface area contributed by atoms with Gasteiger partial charge in [0.05, 0.1) is 11.7 Å². The van der Waals surface area contributed by atoms with Crippen LogP contribution in [0.5, 0.6) is 0 Å². The number of carbonyl (C=O) groups is 2. The number of amides is 2. The van der Waals surface area contributed by atoms with Gasteiger partial charge in [-0.05, 0) is 55.9 Å². The van der Waals surface area contributed by atoms with Gasteiger partial charge in [0.1, 0.15) is 11.2 Å². The quantitative estimate of drug-likeness (QED) is 0.248. The van der Waals surface area contributed by atoms with Gasteiger partial charge >= 0.3 is 6.18 Å². The van der Waals surface area contributed by atoms with Gasteiger partial charge in [-0.1, -0.05) is 61.9 Å². The number of hydrogen-bond acceptors (Lipinski definition) is 6. The number of hydrogen-bond donors (Lipinski definition) is 4. The third-order valence-corrected chi connectivity index (χ3v) is 8.20. The van der Waals surface area contributed by atoms with Crippen LogP contribution in [0.4, 0.5) is 13.2 Å². The number of primary amides is 1. The van der Waals surface area contributed by atoms with E-state index in [0.717, 1.165) is 43.4 Å². The maximum absolute atomic E-state index is 13.9. The molecule has 0 saturated heterocycles. The Bertz CT molecular complexity index is 1280. The van der Waals surface area contributed by atoms with Crippen molar-refractivity contribution in [1.29, 1.82) is 0 Å². The second-order valence-electron chi connectivity index (χ2n) is 11.4. The molecule has 1 heterocycles. The van der Waals surface area contributed by atoms with E-state index in [1.165, 1.54) is 6.07 Å². The van der Waals surface area contributed by atoms with E-state index in [9.17, 15) is 27.9 Å². The molecule has 8 nitrogen and oxygen atoms in total. The lowest BCUT2D eigenvalue weighted by molar-refractivity contribution is -0.137. The van der Waals surface area contributed by atoms with Crippen molar-refractivity contribution in [3.63, 3.8) is 0 Å². The van der Waals surface area contributed by atoms with Crippen LogP contribution in [0.3, 0.4) is 0 Å². The molecule has 2 aromatic rings. The number of aliphatic hydroxyl groups excluding tert-OH is 1. The van der Waals surface area contributed by atoms with Crippen molar-refractivity contribution in [2.75, 3.05) is 19.6 Å². The van der Waals surface area contributed by atoms with Crippen molar-refractivity contribution < 1.29 is 27.9 Å². The summed E-state index contributed by atoms with van der Waals surface area (Å²) in [5, 5.41) is 16.3. The standard InChI is InChI=1S/C32H42F3N5O3/c1-3-5-16-39(25-14-15-25)29(42)27-19-31(30(36)43,38-40(27)4-2)26(18-22-10-7-6-8-11-22)28(41)21-37-20-23-12-9-13-24(17-23)32(33,34)35/h6-13,17,19,25-26,28,37-38,41H,3-5,14-16,18,20-21H2,1-2H3,(H2,36,43)/t26-,28+,31?/m1/s1. The summed E-state index contributed by atoms with van der Waals surface area (Å²) in [7, 11) is 0. The van der Waals surface area contributed by atoms with E-state index < -0.39 is 35.2 Å². The smallest absolute Gasteiger partial charge is 0.391 e. The number of aliphatic hydroxyl groups is 1. The first kappa shape index (κ1) is 32.5. The summed E-state index contributed by atoms with van der Waals surface area (Å²) >= 11 is 0. The van der Waals surface area contributed by atoms with Gasteiger partial charge in [0, 0.05) is 38.1 Å². The predicted molar refractivity (Wildman–Crippen MR) is 158 cm³/mol. The van der Waals surface area contributed by atoms with Crippen molar-refractivity contribution in [2.45, 2.75) is 76.4 Å². The molecule has 4 rings (SSSR count). The number of likely N-dealkylation sites (N-methyl/N-ethyl adjacent to an activating group) is 1. The molecular formula is C32H42F3N5O3. The normalized spacial score (nSPS) is 20.0. The number of halogens is 3. The Kier molecular flexibility index (Phi) is 10.5. The fourth-order valence-corrected chi connectivity index (χ4v) is 5.68. The van der Waals surface area contributed by atoms with Crippen LogP contribution in [0.2, 0.25) is 0 Å². The first-order valence-corrected chi connectivity index (χ1v) is 15.0. The molecule has 0 aromatic heterocycles. The van der Waals surface area contributed by atoms with Gasteiger partial charge in [-0.3, -0.25) is 9.59 Å². The second-order valence-corrected chi connectivity index (χ2v) is 11.4. The van der Waals surface area contributed by atoms with Crippen molar-refractivity contribution in [2.24, 2.45) is 11.7 Å². The Hall–Kier alpha value is -3.41. The molecule has 234 valence electrons. The van der Waals surface area contributed by atoms with Gasteiger partial charge in [-0.15, -0.1) is 0 Å². The molecule has 1 aliphatic heterocycles. The first-order chi connectivity index (χ1) is 20.5. The molecule has 0 bridgehead atoms. The molecule has 1 saturated carbocycles. The molecule has 1 aliphatic carbocycles. The molecule has 2 aliphatic rings. The maximum Gasteiger partial charge on any atom is 0.416 e. The van der Waals surface area contributed by atoms with Gasteiger partial charge in [0.15, 0.2) is 0 Å². The number of benzene rings is 2. The van der Waals surface area contributed by atoms with Crippen LogP contribution < -0.4 is 16.5 Å². The van der Waals surface area contributed by atoms with E-state index >= 15 is 0 Å². The lowest BCUT2D eigenvalue weighted by atomic mass is 9.76. The summed E-state index contributed by atoms with van der Waals surface area (Å²) in [5.74, 6) is -1.73. The molecule has 2 aromatic carbocycles. The summed E-state index contributed by atoms with van der Waals surface area (Å²) in [4.78, 5) is 29.1. The minimum Gasteiger partial charge on any atom is -0.391 e. The fraction of sp³-hybridized carbons (Fsp3) is 0.500. The monoisotopic (exact) mass is 601 g/mol. The maximum atomic E-state index is 13.9. The average Bonchev–Trinajstić information content (AvgIpc) is 3.74. The molecule has 1 unspecified atom stereocenters. The molecule has 43 heavy (non-hydrogen) atoms. The summed E-state index contributed by atoms with van der Waals surface area (Å²) in [5.41, 5.74) is 8.51. The minimum atomic E-state index is -4.46. The zero-order chi connectivity index (χ0) is 31.2. The lowest BCUT2D eigenvalue weighted by Gasteiger charge is -2.38. The highest BCUT2D eigenvalue weighted by Crippen LogP contribution is 2.36. The van der Waals surface area contributed by atoms with Crippen molar-refractivity contribution in [3.8, 4) is 0 Å². The molecule has 3 atom stereocenters. The van der Waals surface area contributed by atoms with Gasteiger partial charge in [0.25, 0.3) is 5.91 Å². The van der Waals surface area contributed by atoms with E-state index in [0.29, 0.717) is 24.4 Å². The van der Waals surface area contributed by atoms with E-state index in [1.54, 1.807) is 17.2 Å². The number of carbonyl (C=O) groups excluding carboxylic acids is 2. The van der Waals surface area contributed by atoms with Crippen LogP contribution in [0.15, 0.2) is 66.4 Å². The zero-order valence-corrected chi connectivity index (χ0v) is 24.7. The van der Waals surface area contributed by atoms with E-state index in [-0.39, 0.29) is 31.5 Å². The molecule has 0 spiro atoms. The first-order valence-electron chi connectivity index (χ1n) is 15.0. The van der Waals surface area contributed by atoms with E-state index in [1.807, 2.05) is 42.2 Å². The number of rotatable bonds is 15. The van der Waals surface area contributed by atoms with Crippen molar-refractivity contribution in [1.82, 2.24) is 20.7 Å². The number of alkyl halides is 3. The summed E-state index contributed by atoms with van der Waals surface area (Å²) < 4.78 is 39.5. The SMILES string of the molecule is CCCCN(C(=O)C1=CC(C(N)=O)([C@H](Cc2ccccc2)[C@@H](O)CNCc2cccc(C(F)(F)F)c2)NN1CC)C1CC1. The van der Waals surface area contributed by atoms with Crippen LogP contribution in [0, 0.1) is 5.92 Å². The second kappa shape index (κ2) is 13.9. The van der Waals surface area contributed by atoms with Crippen LogP contribution in [0.25, 0.3) is 0 Å². The minimum absolute atomic E-state index is 0.0294. The number of nitrogens with two attached hydrogens (primary N) is 1. The highest BCUT2D eigenvalue weighted by molar-refractivity contribution is 5.97. The number of nitrogens with one attached hydrogen (secondary N) is 2. The van der Waals surface area contributed by atoms with Crippen LogP contribution >= 0.6 is 0 Å². The molecule has 2 amide bonds. The van der Waals surface area contributed by atoms with E-state index in [4.69, 9.17) is 5.73 Å². The number of hydrazine groups is 1. The third kappa shape index (κ3) is 7.76. The van der Waals surface area contributed by atoms with Crippen molar-refractivity contribution in [3.05, 3.63) is 83.1 Å². The summed E-state index contributed by atoms with van der Waals surface area (Å²) in [6, 6.07) is 14.5. The number of unbranched alkanes of at least 4 members (excludes halogenated alkanes) is 1. The Balaban J connectivity index is 1.62. The Labute approximate surface area is 251 Å². The number of nitrogens with zero attached hydrogens (tertiary/aromatic N) is 2. The predicted octanol–water partition coefficient (Wildman–Crippen LogP) is 3.75. The summed E-state index contributed by atoms with van der Waals surface area (Å²) in [6.07, 6.45) is -0.108. The molecule has 1 fully saturated rings. The van der Waals surface area contributed by atoms with Gasteiger partial charge in [-0.2, -0.15) is 13.2 Å². The van der Waals surface area contributed by atoms with Crippen molar-refractivity contribution >= 4 is 11.8 Å². The van der Waals surface area contributed by atoms with E-state index in [2.05, 4.69) is 17.7 Å². The Morgan fingerprint density at radius 2 is 1.84 bits per heavy atom. The fourth-order valence-electron chi connectivity index (χ4n) is 5.68. The van der Waals surface area contributed by atoms with Crippen LogP contribution in [0.1, 0.15) is 56.2 Å². The third-order valence-electron chi connectivity index (χ3n) is 8.20. The highest BCUT2D eigenvalue weighted by Gasteiger charge is 2.52. The largest absolute Gasteiger partial charge is 0.416 e. The molecule has 0 radical (unpaired) electrons. The molecule has 5 N–H and O–H groups in total. The van der Waals surface area contributed by atoms with Gasteiger partial charge in [0.2, 0.25) is 5.91 Å². The Morgan fingerprint density at radius 3 is 2.44 bits per heavy atom. The topological polar surface area (TPSA) is 111 Å². The van der Waals surface area contributed by atoms with Crippen LogP contribution in [-0.4, -0.2) is 64.1 Å². The summed E-state index contributed by atoms with van der Waals surface area (Å²) in [6.45, 7) is 4.97. The van der Waals surface area contributed by atoms with Gasteiger partial charge < -0.3 is 26.1 Å².